The summed E-state index contributed by atoms with van der Waals surface area (Å²) in [6, 6.07) is 4.90. The Hall–Kier alpha value is -1.88. The van der Waals surface area contributed by atoms with Gasteiger partial charge in [-0.05, 0) is 38.0 Å². The molecule has 102 valence electrons. The molecule has 0 radical (unpaired) electrons. The van der Waals surface area contributed by atoms with E-state index in [0.717, 1.165) is 17.5 Å². The van der Waals surface area contributed by atoms with Crippen molar-refractivity contribution in [2.45, 2.75) is 32.2 Å². The summed E-state index contributed by atoms with van der Waals surface area (Å²) in [6.45, 7) is 4.17. The average Bonchev–Trinajstić information content (AvgIpc) is 2.82. The molecule has 0 fully saturated rings. The average molecular weight is 262 g/mol. The second-order valence-electron chi connectivity index (χ2n) is 4.95. The lowest BCUT2D eigenvalue weighted by atomic mass is 9.94. The molecule has 1 heterocycles. The number of fused-ring (bicyclic) bond motifs is 1. The molecule has 1 atom stereocenters. The maximum absolute atomic E-state index is 11.1. The van der Waals surface area contributed by atoms with Gasteiger partial charge in [0.1, 0.15) is 0 Å². The molecule has 2 aromatic rings. The number of carbonyl (C=O) groups is 1. The van der Waals surface area contributed by atoms with Crippen molar-refractivity contribution in [3.05, 3.63) is 30.1 Å². The summed E-state index contributed by atoms with van der Waals surface area (Å²) in [7, 11) is 0. The number of carboxylic acids is 1. The molecule has 2 N–H and O–H groups in total. The van der Waals surface area contributed by atoms with Gasteiger partial charge in [-0.2, -0.15) is 0 Å². The highest BCUT2D eigenvalue weighted by molar-refractivity contribution is 5.92. The molecular formula is C14H18N2O3. The summed E-state index contributed by atoms with van der Waals surface area (Å²) in [5.41, 5.74) is 1.54. The monoisotopic (exact) mass is 262 g/mol. The maximum atomic E-state index is 11.1. The number of benzene rings is 1. The van der Waals surface area contributed by atoms with Crippen molar-refractivity contribution in [3.8, 4) is 0 Å². The fourth-order valence-corrected chi connectivity index (χ4v) is 2.28. The van der Waals surface area contributed by atoms with Crippen LogP contribution in [0.2, 0.25) is 0 Å². The third-order valence-electron chi connectivity index (χ3n) is 3.79. The summed E-state index contributed by atoms with van der Waals surface area (Å²) in [4.78, 5) is 15.4. The van der Waals surface area contributed by atoms with E-state index in [1.807, 2.05) is 18.4 Å². The number of aromatic nitrogens is 2. The number of rotatable bonds is 5. The van der Waals surface area contributed by atoms with E-state index in [9.17, 15) is 9.90 Å². The van der Waals surface area contributed by atoms with E-state index in [4.69, 9.17) is 5.11 Å². The Bertz CT molecular complexity index is 606. The van der Waals surface area contributed by atoms with E-state index >= 15 is 0 Å². The first-order valence-corrected chi connectivity index (χ1v) is 6.33. The van der Waals surface area contributed by atoms with Crippen molar-refractivity contribution in [1.29, 1.82) is 0 Å². The Morgan fingerprint density at radius 3 is 2.79 bits per heavy atom. The normalized spacial score (nSPS) is 14.5. The zero-order chi connectivity index (χ0) is 14.0. The molecule has 19 heavy (non-hydrogen) atoms. The lowest BCUT2D eigenvalue weighted by molar-refractivity contribution is 0.0697. The quantitative estimate of drug-likeness (QED) is 0.866. The Kier molecular flexibility index (Phi) is 3.57. The lowest BCUT2D eigenvalue weighted by Crippen LogP contribution is -2.29. The van der Waals surface area contributed by atoms with Crippen LogP contribution < -0.4 is 0 Å². The first-order chi connectivity index (χ1) is 9.01. The number of hydrogen-bond donors (Lipinski definition) is 2. The summed E-state index contributed by atoms with van der Waals surface area (Å²) >= 11 is 0. The van der Waals surface area contributed by atoms with Crippen LogP contribution in [0.3, 0.4) is 0 Å². The van der Waals surface area contributed by atoms with Crippen LogP contribution in [0.5, 0.6) is 0 Å². The Morgan fingerprint density at radius 1 is 1.47 bits per heavy atom. The van der Waals surface area contributed by atoms with Crippen molar-refractivity contribution in [2.75, 3.05) is 6.61 Å². The van der Waals surface area contributed by atoms with Gasteiger partial charge in [-0.15, -0.1) is 0 Å². The van der Waals surface area contributed by atoms with Crippen molar-refractivity contribution in [2.24, 2.45) is 0 Å². The third kappa shape index (κ3) is 2.33. The SMILES string of the molecule is CCC(C)(CCO)n1cnc2ccc(C(=O)O)cc21. The van der Waals surface area contributed by atoms with Gasteiger partial charge in [-0.1, -0.05) is 6.92 Å². The summed E-state index contributed by atoms with van der Waals surface area (Å²) in [6.07, 6.45) is 3.15. The highest BCUT2D eigenvalue weighted by atomic mass is 16.4. The highest BCUT2D eigenvalue weighted by Gasteiger charge is 2.25. The van der Waals surface area contributed by atoms with Gasteiger partial charge in [-0.3, -0.25) is 0 Å². The van der Waals surface area contributed by atoms with Gasteiger partial charge in [0.15, 0.2) is 0 Å². The van der Waals surface area contributed by atoms with Crippen molar-refractivity contribution in [3.63, 3.8) is 0 Å². The van der Waals surface area contributed by atoms with Crippen LogP contribution in [0.4, 0.5) is 0 Å². The molecule has 0 aliphatic heterocycles. The topological polar surface area (TPSA) is 75.3 Å². The minimum atomic E-state index is -0.949. The molecule has 1 aromatic heterocycles. The Labute approximate surface area is 111 Å². The van der Waals surface area contributed by atoms with E-state index in [-0.39, 0.29) is 17.7 Å². The first-order valence-electron chi connectivity index (χ1n) is 6.33. The fraction of sp³-hybridized carbons (Fsp3) is 0.429. The minimum absolute atomic E-state index is 0.0859. The zero-order valence-corrected chi connectivity index (χ0v) is 11.1. The molecule has 0 bridgehead atoms. The number of aliphatic hydroxyl groups excluding tert-OH is 1. The van der Waals surface area contributed by atoms with Gasteiger partial charge in [0.2, 0.25) is 0 Å². The van der Waals surface area contributed by atoms with Crippen LogP contribution in [0.15, 0.2) is 24.5 Å². The predicted molar refractivity (Wildman–Crippen MR) is 72.3 cm³/mol. The van der Waals surface area contributed by atoms with Crippen molar-refractivity contribution < 1.29 is 15.0 Å². The molecule has 0 aliphatic carbocycles. The molecule has 2 rings (SSSR count). The van der Waals surface area contributed by atoms with Gasteiger partial charge in [0.05, 0.1) is 22.9 Å². The van der Waals surface area contributed by atoms with E-state index < -0.39 is 5.97 Å². The number of aromatic carboxylic acids is 1. The summed E-state index contributed by atoms with van der Waals surface area (Å²) < 4.78 is 1.96. The lowest BCUT2D eigenvalue weighted by Gasteiger charge is -2.30. The van der Waals surface area contributed by atoms with E-state index in [0.29, 0.717) is 6.42 Å². The van der Waals surface area contributed by atoms with Gasteiger partial charge < -0.3 is 14.8 Å². The zero-order valence-electron chi connectivity index (χ0n) is 11.1. The largest absolute Gasteiger partial charge is 0.478 e. The first kappa shape index (κ1) is 13.5. The molecule has 0 spiro atoms. The van der Waals surface area contributed by atoms with Gasteiger partial charge in [0, 0.05) is 12.1 Å². The Balaban J connectivity index is 2.60. The third-order valence-corrected chi connectivity index (χ3v) is 3.79. The molecule has 0 saturated heterocycles. The molecule has 1 unspecified atom stereocenters. The summed E-state index contributed by atoms with van der Waals surface area (Å²) in [5, 5.41) is 18.3. The van der Waals surface area contributed by atoms with Crippen LogP contribution in [0.25, 0.3) is 11.0 Å². The van der Waals surface area contributed by atoms with E-state index in [1.165, 1.54) is 0 Å². The van der Waals surface area contributed by atoms with Crippen molar-refractivity contribution >= 4 is 17.0 Å². The molecule has 5 heteroatoms. The second-order valence-corrected chi connectivity index (χ2v) is 4.95. The number of imidazole rings is 1. The smallest absolute Gasteiger partial charge is 0.335 e. The molecule has 1 aromatic carbocycles. The molecule has 0 aliphatic rings. The minimum Gasteiger partial charge on any atom is -0.478 e. The number of hydrogen-bond acceptors (Lipinski definition) is 3. The predicted octanol–water partition coefficient (Wildman–Crippen LogP) is 2.24. The van der Waals surface area contributed by atoms with E-state index in [1.54, 1.807) is 24.5 Å². The molecular weight excluding hydrogens is 244 g/mol. The van der Waals surface area contributed by atoms with Crippen LogP contribution in [0.1, 0.15) is 37.0 Å². The fourth-order valence-electron chi connectivity index (χ4n) is 2.28. The van der Waals surface area contributed by atoms with Crippen LogP contribution in [-0.2, 0) is 5.54 Å². The van der Waals surface area contributed by atoms with Gasteiger partial charge >= 0.3 is 5.97 Å². The van der Waals surface area contributed by atoms with Crippen LogP contribution in [-0.4, -0.2) is 32.3 Å². The van der Waals surface area contributed by atoms with Crippen molar-refractivity contribution in [1.82, 2.24) is 9.55 Å². The van der Waals surface area contributed by atoms with Gasteiger partial charge in [-0.25, -0.2) is 9.78 Å². The van der Waals surface area contributed by atoms with Crippen LogP contribution >= 0.6 is 0 Å². The second kappa shape index (κ2) is 5.01. The maximum Gasteiger partial charge on any atom is 0.335 e. The number of aliphatic hydroxyl groups is 1. The molecule has 5 nitrogen and oxygen atoms in total. The number of carboxylic acid groups (broad SMARTS) is 1. The molecule has 0 amide bonds. The highest BCUT2D eigenvalue weighted by Crippen LogP contribution is 2.29. The number of nitrogens with zero attached hydrogens (tertiary/aromatic N) is 2. The summed E-state index contributed by atoms with van der Waals surface area (Å²) in [5.74, 6) is -0.949. The molecule has 0 saturated carbocycles. The van der Waals surface area contributed by atoms with Gasteiger partial charge in [0.25, 0.3) is 0 Å². The van der Waals surface area contributed by atoms with E-state index in [2.05, 4.69) is 4.98 Å². The van der Waals surface area contributed by atoms with Crippen LogP contribution in [0, 0.1) is 0 Å². The standard InChI is InChI=1S/C14H18N2O3/c1-3-14(2,6-7-17)16-9-15-11-5-4-10(13(18)19)8-12(11)16/h4-5,8-9,17H,3,6-7H2,1-2H3,(H,18,19). The Morgan fingerprint density at radius 2 is 2.21 bits per heavy atom.